The Hall–Kier alpha value is -0.730. The number of rotatable bonds is 4. The van der Waals surface area contributed by atoms with E-state index in [4.69, 9.17) is 15.9 Å². The Kier molecular flexibility index (Phi) is 9.94. The van der Waals surface area contributed by atoms with Crippen LogP contribution in [-0.4, -0.2) is 45.5 Å². The third-order valence-corrected chi connectivity index (χ3v) is 1.58. The Morgan fingerprint density at radius 1 is 1.21 bits per heavy atom. The summed E-state index contributed by atoms with van der Waals surface area (Å²) in [6, 6.07) is -0.816. The van der Waals surface area contributed by atoms with Crippen LogP contribution >= 0.6 is 25.3 Å². The van der Waals surface area contributed by atoms with E-state index in [0.717, 1.165) is 0 Å². The number of aliphatic carboxylic acids is 2. The van der Waals surface area contributed by atoms with Crippen molar-refractivity contribution in [2.24, 2.45) is 5.73 Å². The van der Waals surface area contributed by atoms with Gasteiger partial charge in [0.05, 0.1) is 5.75 Å². The average molecular weight is 241 g/mol. The van der Waals surface area contributed by atoms with Gasteiger partial charge in [-0.1, -0.05) is 0 Å². The van der Waals surface area contributed by atoms with Crippen LogP contribution in [0.2, 0.25) is 0 Å². The van der Waals surface area contributed by atoms with E-state index in [1.807, 2.05) is 0 Å². The van der Waals surface area contributed by atoms with Crippen molar-refractivity contribution in [2.45, 2.75) is 6.04 Å². The van der Waals surface area contributed by atoms with Gasteiger partial charge in [0, 0.05) is 5.75 Å². The number of Topliss-reactive ketones (excluding diaryl/α,β-unsaturated/α-hetero) is 1. The standard InChI is InChI=1S/C3H7NO2S.C3H4O3S/c2*4-2(1-7)3(5)6/h2,7H,1,4H2,(H,5,6);7H,1H2,(H,5,6)/t2-;/m0./s1. The van der Waals surface area contributed by atoms with Crippen molar-refractivity contribution in [3.05, 3.63) is 0 Å². The number of hydrogen-bond donors (Lipinski definition) is 5. The van der Waals surface area contributed by atoms with Crippen molar-refractivity contribution in [3.63, 3.8) is 0 Å². The van der Waals surface area contributed by atoms with Crippen molar-refractivity contribution in [3.8, 4) is 0 Å². The summed E-state index contributed by atoms with van der Waals surface area (Å²) in [5.41, 5.74) is 4.94. The summed E-state index contributed by atoms with van der Waals surface area (Å²) in [6.45, 7) is 0. The molecule has 0 saturated carbocycles. The van der Waals surface area contributed by atoms with E-state index in [1.165, 1.54) is 0 Å². The average Bonchev–Trinajstić information content (AvgIpc) is 2.15. The third kappa shape index (κ3) is 9.36. The van der Waals surface area contributed by atoms with Gasteiger partial charge in [0.25, 0.3) is 0 Å². The topological polar surface area (TPSA) is 118 Å². The lowest BCUT2D eigenvalue weighted by Crippen LogP contribution is -2.31. The zero-order valence-electron chi connectivity index (χ0n) is 7.08. The second-order valence-corrected chi connectivity index (χ2v) is 2.70. The fourth-order valence-corrected chi connectivity index (χ4v) is 0.437. The smallest absolute Gasteiger partial charge is 0.373 e. The molecule has 0 saturated heterocycles. The molecule has 0 aliphatic carbocycles. The van der Waals surface area contributed by atoms with Gasteiger partial charge in [-0.05, 0) is 0 Å². The summed E-state index contributed by atoms with van der Waals surface area (Å²) in [5, 5.41) is 15.8. The van der Waals surface area contributed by atoms with Crippen LogP contribution in [0.15, 0.2) is 0 Å². The summed E-state index contributed by atoms with van der Waals surface area (Å²) in [5.74, 6) is -3.33. The van der Waals surface area contributed by atoms with Crippen molar-refractivity contribution in [1.29, 1.82) is 0 Å². The molecule has 0 aliphatic heterocycles. The van der Waals surface area contributed by atoms with Gasteiger partial charge in [-0.3, -0.25) is 9.59 Å². The van der Waals surface area contributed by atoms with Gasteiger partial charge < -0.3 is 15.9 Å². The maximum Gasteiger partial charge on any atom is 0.373 e. The van der Waals surface area contributed by atoms with Crippen molar-refractivity contribution in [1.82, 2.24) is 0 Å². The molecule has 0 fully saturated rings. The van der Waals surface area contributed by atoms with Crippen LogP contribution < -0.4 is 5.73 Å². The first-order valence-corrected chi connectivity index (χ1v) is 4.59. The number of thiol groups is 2. The predicted octanol–water partition coefficient (Wildman–Crippen LogP) is -1.10. The highest BCUT2D eigenvalue weighted by atomic mass is 32.1. The fourth-order valence-electron chi connectivity index (χ4n) is 0.146. The molecule has 4 N–H and O–H groups in total. The van der Waals surface area contributed by atoms with Crippen LogP contribution in [0.25, 0.3) is 0 Å². The third-order valence-electron chi connectivity index (χ3n) is 0.896. The second kappa shape index (κ2) is 8.85. The first-order valence-electron chi connectivity index (χ1n) is 3.33. The van der Waals surface area contributed by atoms with E-state index in [0.29, 0.717) is 0 Å². The Labute approximate surface area is 91.3 Å². The first-order chi connectivity index (χ1) is 6.36. The number of carbonyl (C=O) groups excluding carboxylic acids is 1. The lowest BCUT2D eigenvalue weighted by molar-refractivity contribution is -0.147. The lowest BCUT2D eigenvalue weighted by atomic mass is 10.4. The van der Waals surface area contributed by atoms with E-state index in [2.05, 4.69) is 25.3 Å². The Morgan fingerprint density at radius 2 is 1.64 bits per heavy atom. The Balaban J connectivity index is 0. The van der Waals surface area contributed by atoms with E-state index < -0.39 is 23.8 Å². The molecule has 0 rings (SSSR count). The van der Waals surface area contributed by atoms with Crippen LogP contribution in [0.3, 0.4) is 0 Å². The van der Waals surface area contributed by atoms with Crippen LogP contribution in [-0.2, 0) is 14.4 Å². The quantitative estimate of drug-likeness (QED) is 0.315. The molecule has 1 atom stereocenters. The molecular weight excluding hydrogens is 230 g/mol. The van der Waals surface area contributed by atoms with Gasteiger partial charge in [-0.2, -0.15) is 25.3 Å². The minimum absolute atomic E-state index is 0.190. The summed E-state index contributed by atoms with van der Waals surface area (Å²) < 4.78 is 0. The molecule has 82 valence electrons. The number of ketones is 1. The normalized spacial score (nSPS) is 10.8. The zero-order chi connectivity index (χ0) is 11.7. The minimum atomic E-state index is -1.42. The van der Waals surface area contributed by atoms with Crippen molar-refractivity contribution < 1.29 is 24.6 Å². The Morgan fingerprint density at radius 3 is 1.64 bits per heavy atom. The summed E-state index contributed by atoms with van der Waals surface area (Å²) in [7, 11) is 0. The van der Waals surface area contributed by atoms with Gasteiger partial charge in [-0.25, -0.2) is 4.79 Å². The van der Waals surface area contributed by atoms with Crippen LogP contribution in [0.5, 0.6) is 0 Å². The Bertz CT molecular complexity index is 220. The molecule has 0 radical (unpaired) electrons. The molecule has 0 aliphatic rings. The summed E-state index contributed by atoms with van der Waals surface area (Å²) >= 11 is 7.07. The number of carboxylic acid groups (broad SMARTS) is 2. The maximum atomic E-state index is 9.84. The minimum Gasteiger partial charge on any atom is -0.480 e. The van der Waals surface area contributed by atoms with E-state index >= 15 is 0 Å². The van der Waals surface area contributed by atoms with E-state index in [1.54, 1.807) is 0 Å². The van der Waals surface area contributed by atoms with Crippen LogP contribution in [0.1, 0.15) is 0 Å². The van der Waals surface area contributed by atoms with Crippen molar-refractivity contribution in [2.75, 3.05) is 11.5 Å². The number of nitrogens with two attached hydrogens (primary N) is 1. The molecule has 0 heterocycles. The summed E-state index contributed by atoms with van der Waals surface area (Å²) in [4.78, 5) is 29.1. The van der Waals surface area contributed by atoms with Gasteiger partial charge >= 0.3 is 11.9 Å². The molecule has 0 aromatic carbocycles. The highest BCUT2D eigenvalue weighted by Gasteiger charge is 2.06. The number of carbonyl (C=O) groups is 3. The molecule has 0 bridgehead atoms. The number of carboxylic acids is 2. The first kappa shape index (κ1) is 15.7. The molecule has 8 heteroatoms. The fraction of sp³-hybridized carbons (Fsp3) is 0.500. The SMILES string of the molecule is N[C@@H](CS)C(=O)O.O=C(O)C(=O)CS. The van der Waals surface area contributed by atoms with Gasteiger partial charge in [0.2, 0.25) is 5.78 Å². The largest absolute Gasteiger partial charge is 0.480 e. The molecule has 0 aromatic rings. The highest BCUT2D eigenvalue weighted by Crippen LogP contribution is 1.80. The van der Waals surface area contributed by atoms with Crippen LogP contribution in [0.4, 0.5) is 0 Å². The van der Waals surface area contributed by atoms with E-state index in [9.17, 15) is 14.4 Å². The summed E-state index contributed by atoms with van der Waals surface area (Å²) in [6.07, 6.45) is 0. The molecule has 0 aromatic heterocycles. The molecule has 14 heavy (non-hydrogen) atoms. The second-order valence-electron chi connectivity index (χ2n) is 2.01. The molecule has 0 spiro atoms. The predicted molar refractivity (Wildman–Crippen MR) is 56.0 cm³/mol. The maximum absolute atomic E-state index is 9.84. The van der Waals surface area contributed by atoms with Gasteiger partial charge in [-0.15, -0.1) is 0 Å². The van der Waals surface area contributed by atoms with Crippen molar-refractivity contribution >= 4 is 43.0 Å². The molecular formula is C6H11NO5S2. The van der Waals surface area contributed by atoms with E-state index in [-0.39, 0.29) is 11.5 Å². The highest BCUT2D eigenvalue weighted by molar-refractivity contribution is 7.81. The molecule has 6 nitrogen and oxygen atoms in total. The molecule has 0 unspecified atom stereocenters. The lowest BCUT2D eigenvalue weighted by Gasteiger charge is -1.96. The zero-order valence-corrected chi connectivity index (χ0v) is 8.87. The van der Waals surface area contributed by atoms with Crippen LogP contribution in [0, 0.1) is 0 Å². The number of hydrogen-bond acceptors (Lipinski definition) is 6. The monoisotopic (exact) mass is 241 g/mol. The molecule has 0 amide bonds. The van der Waals surface area contributed by atoms with Gasteiger partial charge in [0.1, 0.15) is 6.04 Å². The van der Waals surface area contributed by atoms with Gasteiger partial charge in [0.15, 0.2) is 0 Å².